The van der Waals surface area contributed by atoms with E-state index in [9.17, 15) is 19.5 Å². The van der Waals surface area contributed by atoms with Crippen molar-refractivity contribution in [2.75, 3.05) is 18.4 Å². The molecular formula is C31H28N4O5. The molecule has 1 atom stereocenters. The van der Waals surface area contributed by atoms with Crippen LogP contribution >= 0.6 is 0 Å². The number of esters is 1. The molecule has 2 N–H and O–H groups in total. The van der Waals surface area contributed by atoms with Gasteiger partial charge in [-0.15, -0.1) is 0 Å². The zero-order valence-corrected chi connectivity index (χ0v) is 21.9. The van der Waals surface area contributed by atoms with Gasteiger partial charge >= 0.3 is 11.9 Å². The maximum atomic E-state index is 13.9. The molecule has 1 amide bonds. The molecule has 0 spiro atoms. The first-order valence-corrected chi connectivity index (χ1v) is 12.9. The van der Waals surface area contributed by atoms with E-state index >= 15 is 0 Å². The minimum absolute atomic E-state index is 0.0626. The number of carbonyl (C=O) groups is 3. The van der Waals surface area contributed by atoms with Crippen LogP contribution in [0.3, 0.4) is 0 Å². The molecule has 9 heteroatoms. The third-order valence-corrected chi connectivity index (χ3v) is 6.68. The van der Waals surface area contributed by atoms with Gasteiger partial charge in [-0.05, 0) is 42.3 Å². The van der Waals surface area contributed by atoms with Crippen LogP contribution in [-0.4, -0.2) is 51.0 Å². The normalized spacial score (nSPS) is 15.8. The molecule has 0 saturated heterocycles. The molecule has 0 saturated carbocycles. The Morgan fingerprint density at radius 1 is 0.950 bits per heavy atom. The average molecular weight is 537 g/mol. The number of rotatable bonds is 9. The van der Waals surface area contributed by atoms with Crippen LogP contribution in [0.2, 0.25) is 0 Å². The molecule has 0 aliphatic carbocycles. The van der Waals surface area contributed by atoms with Gasteiger partial charge in [0, 0.05) is 23.8 Å². The van der Waals surface area contributed by atoms with Gasteiger partial charge in [-0.2, -0.15) is 5.01 Å². The van der Waals surface area contributed by atoms with Gasteiger partial charge in [0.2, 0.25) is 0 Å². The molecule has 1 aromatic heterocycles. The number of benzene rings is 3. The lowest BCUT2D eigenvalue weighted by Crippen LogP contribution is -2.56. The number of anilines is 1. The fourth-order valence-electron chi connectivity index (χ4n) is 4.87. The molecule has 9 nitrogen and oxygen atoms in total. The average Bonchev–Trinajstić information content (AvgIpc) is 2.98. The number of ether oxygens (including phenoxy) is 1. The number of nitrogens with one attached hydrogen (secondary N) is 1. The molecule has 3 aromatic carbocycles. The Morgan fingerprint density at radius 2 is 1.68 bits per heavy atom. The summed E-state index contributed by atoms with van der Waals surface area (Å²) in [5, 5.41) is 17.2. The SMILES string of the molecule is CCN1C(=O)C(Nc2cccc3ncccc23)=C(C(=O)O)C(c2ccccc2)N1CC(=O)OCc1ccccc1. The fraction of sp³-hybridized carbons (Fsp3) is 0.161. The number of hydrazine groups is 1. The molecule has 202 valence electrons. The summed E-state index contributed by atoms with van der Waals surface area (Å²) in [6.45, 7) is 1.71. The number of carbonyl (C=O) groups excluding carboxylic acids is 2. The van der Waals surface area contributed by atoms with Crippen LogP contribution < -0.4 is 5.32 Å². The lowest BCUT2D eigenvalue weighted by Gasteiger charge is -2.44. The van der Waals surface area contributed by atoms with Crippen molar-refractivity contribution in [1.29, 1.82) is 0 Å². The lowest BCUT2D eigenvalue weighted by molar-refractivity contribution is -0.165. The maximum Gasteiger partial charge on any atom is 0.335 e. The van der Waals surface area contributed by atoms with Crippen molar-refractivity contribution in [3.05, 3.63) is 120 Å². The van der Waals surface area contributed by atoms with E-state index < -0.39 is 23.9 Å². The number of aromatic nitrogens is 1. The van der Waals surface area contributed by atoms with Gasteiger partial charge in [0.05, 0.1) is 17.1 Å². The fourth-order valence-corrected chi connectivity index (χ4v) is 4.87. The van der Waals surface area contributed by atoms with Crippen LogP contribution in [-0.2, 0) is 25.7 Å². The molecule has 0 bridgehead atoms. The monoisotopic (exact) mass is 536 g/mol. The van der Waals surface area contributed by atoms with E-state index in [0.717, 1.165) is 10.9 Å². The summed E-state index contributed by atoms with van der Waals surface area (Å²) in [6.07, 6.45) is 1.67. The number of likely N-dealkylation sites (N-methyl/N-ethyl adjacent to an activating group) is 1. The van der Waals surface area contributed by atoms with Gasteiger partial charge in [-0.25, -0.2) is 4.79 Å². The summed E-state index contributed by atoms with van der Waals surface area (Å²) >= 11 is 0. The third-order valence-electron chi connectivity index (χ3n) is 6.68. The van der Waals surface area contributed by atoms with Crippen LogP contribution in [0.5, 0.6) is 0 Å². The molecule has 0 radical (unpaired) electrons. The summed E-state index contributed by atoms with van der Waals surface area (Å²) in [5.74, 6) is -2.43. The second-order valence-corrected chi connectivity index (χ2v) is 9.17. The number of hydrogen-bond acceptors (Lipinski definition) is 7. The summed E-state index contributed by atoms with van der Waals surface area (Å²) in [7, 11) is 0. The van der Waals surface area contributed by atoms with Gasteiger partial charge in [0.15, 0.2) is 0 Å². The Balaban J connectivity index is 1.57. The number of hydrogen-bond donors (Lipinski definition) is 2. The van der Waals surface area contributed by atoms with Gasteiger partial charge < -0.3 is 15.2 Å². The highest BCUT2D eigenvalue weighted by Crippen LogP contribution is 2.38. The molecular weight excluding hydrogens is 508 g/mol. The van der Waals surface area contributed by atoms with E-state index in [2.05, 4.69) is 10.3 Å². The predicted octanol–water partition coefficient (Wildman–Crippen LogP) is 4.55. The Bertz CT molecular complexity index is 1570. The predicted molar refractivity (Wildman–Crippen MR) is 150 cm³/mol. The highest BCUT2D eigenvalue weighted by atomic mass is 16.5. The Labute approximate surface area is 231 Å². The van der Waals surface area contributed by atoms with E-state index in [0.29, 0.717) is 16.8 Å². The van der Waals surface area contributed by atoms with E-state index in [4.69, 9.17) is 4.74 Å². The number of carboxylic acid groups (broad SMARTS) is 1. The number of nitrogens with zero attached hydrogens (tertiary/aromatic N) is 3. The standard InChI is InChI=1S/C31H28N4O5/c1-2-34-30(37)28(33-25-17-9-16-24-23(25)15-10-18-32-24)27(31(38)39)29(22-13-7-4-8-14-22)35(34)19-26(36)40-20-21-11-5-3-6-12-21/h3-18,29,33H,2,19-20H2,1H3,(H,38,39). The first-order chi connectivity index (χ1) is 19.5. The largest absolute Gasteiger partial charge is 0.478 e. The van der Waals surface area contributed by atoms with Gasteiger partial charge in [-0.3, -0.25) is 19.6 Å². The number of aliphatic carboxylic acids is 1. The molecule has 0 fully saturated rings. The summed E-state index contributed by atoms with van der Waals surface area (Å²) in [6, 6.07) is 26.3. The molecule has 1 aliphatic heterocycles. The third kappa shape index (κ3) is 5.41. The van der Waals surface area contributed by atoms with Crippen LogP contribution in [0.4, 0.5) is 5.69 Å². The Hall–Kier alpha value is -5.02. The second-order valence-electron chi connectivity index (χ2n) is 9.17. The van der Waals surface area contributed by atoms with Crippen molar-refractivity contribution in [3.8, 4) is 0 Å². The highest BCUT2D eigenvalue weighted by molar-refractivity contribution is 6.07. The highest BCUT2D eigenvalue weighted by Gasteiger charge is 2.44. The van der Waals surface area contributed by atoms with Crippen molar-refractivity contribution in [3.63, 3.8) is 0 Å². The minimum Gasteiger partial charge on any atom is -0.478 e. The number of carboxylic acids is 1. The summed E-state index contributed by atoms with van der Waals surface area (Å²) in [5.41, 5.74) is 2.43. The van der Waals surface area contributed by atoms with Crippen molar-refractivity contribution in [2.45, 2.75) is 19.6 Å². The molecule has 1 aliphatic rings. The maximum absolute atomic E-state index is 13.9. The summed E-state index contributed by atoms with van der Waals surface area (Å²) in [4.78, 5) is 44.1. The van der Waals surface area contributed by atoms with Crippen molar-refractivity contribution in [1.82, 2.24) is 15.0 Å². The number of amides is 1. The van der Waals surface area contributed by atoms with E-state index in [1.807, 2.05) is 48.5 Å². The van der Waals surface area contributed by atoms with Crippen LogP contribution in [0, 0.1) is 0 Å². The Kier molecular flexibility index (Phi) is 7.84. The van der Waals surface area contributed by atoms with Gasteiger partial charge in [-0.1, -0.05) is 66.7 Å². The second kappa shape index (κ2) is 11.8. The Morgan fingerprint density at radius 3 is 2.38 bits per heavy atom. The topological polar surface area (TPSA) is 112 Å². The van der Waals surface area contributed by atoms with E-state index in [-0.39, 0.29) is 31.0 Å². The minimum atomic E-state index is -1.28. The molecule has 4 aromatic rings. The summed E-state index contributed by atoms with van der Waals surface area (Å²) < 4.78 is 5.50. The first-order valence-electron chi connectivity index (χ1n) is 12.9. The van der Waals surface area contributed by atoms with Gasteiger partial charge in [0.25, 0.3) is 5.91 Å². The smallest absolute Gasteiger partial charge is 0.335 e. The molecule has 1 unspecified atom stereocenters. The van der Waals surface area contributed by atoms with Crippen LogP contribution in [0.1, 0.15) is 24.1 Å². The van der Waals surface area contributed by atoms with Crippen molar-refractivity contribution < 1.29 is 24.2 Å². The van der Waals surface area contributed by atoms with E-state index in [1.54, 1.807) is 55.6 Å². The van der Waals surface area contributed by atoms with Crippen molar-refractivity contribution in [2.24, 2.45) is 0 Å². The van der Waals surface area contributed by atoms with Crippen molar-refractivity contribution >= 4 is 34.4 Å². The lowest BCUT2D eigenvalue weighted by atomic mass is 9.93. The first kappa shape index (κ1) is 26.6. The van der Waals surface area contributed by atoms with Crippen LogP contribution in [0.15, 0.2) is 108 Å². The quantitative estimate of drug-likeness (QED) is 0.300. The van der Waals surface area contributed by atoms with E-state index in [1.165, 1.54) is 10.0 Å². The zero-order chi connectivity index (χ0) is 28.1. The molecule has 2 heterocycles. The molecule has 40 heavy (non-hydrogen) atoms. The molecule has 5 rings (SSSR count). The zero-order valence-electron chi connectivity index (χ0n) is 21.9. The van der Waals surface area contributed by atoms with Gasteiger partial charge in [0.1, 0.15) is 18.8 Å². The number of pyridine rings is 1. The number of fused-ring (bicyclic) bond motifs is 1. The van der Waals surface area contributed by atoms with Crippen LogP contribution in [0.25, 0.3) is 10.9 Å².